The van der Waals surface area contributed by atoms with Gasteiger partial charge in [-0.05, 0) is 36.8 Å². The molecule has 0 aliphatic heterocycles. The van der Waals surface area contributed by atoms with Crippen LogP contribution in [0, 0.1) is 17.1 Å². The monoisotopic (exact) mass is 396 g/mol. The Morgan fingerprint density at radius 1 is 1.18 bits per heavy atom. The van der Waals surface area contributed by atoms with Crippen LogP contribution in [0.1, 0.15) is 24.7 Å². The number of imidazole rings is 2. The Kier molecular flexibility index (Phi) is 5.71. The van der Waals surface area contributed by atoms with Crippen LogP contribution in [0.15, 0.2) is 48.9 Å². The van der Waals surface area contributed by atoms with E-state index in [0.29, 0.717) is 17.9 Å². The first kappa shape index (κ1) is 19.5. The molecule has 6 nitrogen and oxygen atoms in total. The van der Waals surface area contributed by atoms with Crippen molar-refractivity contribution in [1.29, 1.82) is 5.26 Å². The lowest BCUT2D eigenvalue weighted by Gasteiger charge is -2.10. The summed E-state index contributed by atoms with van der Waals surface area (Å²) in [6.07, 6.45) is 5.92. The molecule has 3 heterocycles. The molecule has 3 aromatic heterocycles. The van der Waals surface area contributed by atoms with Crippen molar-refractivity contribution in [3.8, 4) is 17.6 Å². The van der Waals surface area contributed by atoms with Crippen molar-refractivity contribution in [3.05, 3.63) is 66.1 Å². The summed E-state index contributed by atoms with van der Waals surface area (Å²) in [5.74, 6) is 0.879. The Morgan fingerprint density at radius 2 is 2.04 bits per heavy atom. The SMILES string of the molecule is CCCn1c(Cn2ccnc2-c2ncccc2F)nc2cc(C#N)ccc21.Cl. The van der Waals surface area contributed by atoms with Gasteiger partial charge in [0.15, 0.2) is 11.6 Å². The lowest BCUT2D eigenvalue weighted by Crippen LogP contribution is -2.10. The van der Waals surface area contributed by atoms with Gasteiger partial charge in [-0.3, -0.25) is 0 Å². The summed E-state index contributed by atoms with van der Waals surface area (Å²) in [6, 6.07) is 10.6. The number of nitriles is 1. The molecule has 0 aliphatic rings. The van der Waals surface area contributed by atoms with Crippen molar-refractivity contribution in [3.63, 3.8) is 0 Å². The highest BCUT2D eigenvalue weighted by Gasteiger charge is 2.16. The third-order valence-electron chi connectivity index (χ3n) is 4.40. The van der Waals surface area contributed by atoms with Crippen LogP contribution < -0.4 is 0 Å². The molecule has 0 spiro atoms. The minimum atomic E-state index is -0.411. The molecular weight excluding hydrogens is 379 g/mol. The Morgan fingerprint density at radius 3 is 2.79 bits per heavy atom. The zero-order valence-corrected chi connectivity index (χ0v) is 16.0. The summed E-state index contributed by atoms with van der Waals surface area (Å²) in [5, 5.41) is 9.13. The number of fused-ring (bicyclic) bond motifs is 1. The minimum absolute atomic E-state index is 0. The van der Waals surface area contributed by atoms with E-state index in [0.717, 1.165) is 29.8 Å². The van der Waals surface area contributed by atoms with Gasteiger partial charge >= 0.3 is 0 Å². The number of aromatic nitrogens is 5. The molecule has 0 amide bonds. The van der Waals surface area contributed by atoms with Crippen LogP contribution in [0.5, 0.6) is 0 Å². The Bertz CT molecular complexity index is 1160. The van der Waals surface area contributed by atoms with Crippen LogP contribution in [-0.4, -0.2) is 24.1 Å². The van der Waals surface area contributed by atoms with Crippen LogP contribution in [0.2, 0.25) is 0 Å². The number of nitrogens with zero attached hydrogens (tertiary/aromatic N) is 6. The van der Waals surface area contributed by atoms with E-state index in [1.165, 1.54) is 6.07 Å². The highest BCUT2D eigenvalue weighted by atomic mass is 35.5. The number of hydrogen-bond acceptors (Lipinski definition) is 4. The highest BCUT2D eigenvalue weighted by Crippen LogP contribution is 2.22. The van der Waals surface area contributed by atoms with E-state index in [4.69, 9.17) is 10.2 Å². The Hall–Kier alpha value is -3.24. The summed E-state index contributed by atoms with van der Waals surface area (Å²) in [5.41, 5.74) is 2.56. The lowest BCUT2D eigenvalue weighted by atomic mass is 10.2. The van der Waals surface area contributed by atoms with Crippen LogP contribution in [0.25, 0.3) is 22.6 Å². The van der Waals surface area contributed by atoms with E-state index in [1.54, 1.807) is 36.8 Å². The van der Waals surface area contributed by atoms with Gasteiger partial charge in [-0.1, -0.05) is 6.92 Å². The highest BCUT2D eigenvalue weighted by molar-refractivity contribution is 5.85. The molecular formula is C20H18ClFN6. The molecule has 4 rings (SSSR count). The molecule has 0 unspecified atom stereocenters. The van der Waals surface area contributed by atoms with Gasteiger partial charge in [0, 0.05) is 25.1 Å². The zero-order valence-electron chi connectivity index (χ0n) is 15.2. The first-order valence-corrected chi connectivity index (χ1v) is 8.72. The van der Waals surface area contributed by atoms with Gasteiger partial charge in [-0.15, -0.1) is 12.4 Å². The number of benzene rings is 1. The van der Waals surface area contributed by atoms with E-state index in [1.807, 2.05) is 10.6 Å². The van der Waals surface area contributed by atoms with Gasteiger partial charge in [0.1, 0.15) is 11.5 Å². The van der Waals surface area contributed by atoms with E-state index in [9.17, 15) is 4.39 Å². The van der Waals surface area contributed by atoms with Crippen LogP contribution in [0.3, 0.4) is 0 Å². The fourth-order valence-corrected chi connectivity index (χ4v) is 3.20. The molecule has 0 bridgehead atoms. The molecule has 0 radical (unpaired) electrons. The summed E-state index contributed by atoms with van der Waals surface area (Å²) < 4.78 is 18.1. The summed E-state index contributed by atoms with van der Waals surface area (Å²) >= 11 is 0. The average Bonchev–Trinajstić information content (AvgIpc) is 3.27. The maximum atomic E-state index is 14.2. The van der Waals surface area contributed by atoms with Gasteiger partial charge < -0.3 is 9.13 Å². The smallest absolute Gasteiger partial charge is 0.162 e. The summed E-state index contributed by atoms with van der Waals surface area (Å²) in [7, 11) is 0. The normalized spacial score (nSPS) is 10.6. The molecule has 1 aromatic carbocycles. The Labute approximate surface area is 167 Å². The number of rotatable bonds is 5. The topological polar surface area (TPSA) is 72.3 Å². The van der Waals surface area contributed by atoms with Crippen molar-refractivity contribution in [2.24, 2.45) is 0 Å². The predicted octanol–water partition coefficient (Wildman–Crippen LogP) is 4.19. The van der Waals surface area contributed by atoms with Gasteiger partial charge in [-0.25, -0.2) is 19.3 Å². The van der Waals surface area contributed by atoms with Crippen LogP contribution in [-0.2, 0) is 13.1 Å². The molecule has 0 saturated carbocycles. The fourth-order valence-electron chi connectivity index (χ4n) is 3.20. The van der Waals surface area contributed by atoms with Crippen molar-refractivity contribution < 1.29 is 4.39 Å². The molecule has 0 atom stereocenters. The summed E-state index contributed by atoms with van der Waals surface area (Å²) in [6.45, 7) is 3.34. The standard InChI is InChI=1S/C20H17FN6.ClH/c1-2-9-27-17-6-5-14(12-22)11-16(17)25-18(27)13-26-10-8-24-20(26)19-15(21)4-3-7-23-19;/h3-8,10-11H,2,9,13H2,1H3;1H. The minimum Gasteiger partial charge on any atom is -0.326 e. The largest absolute Gasteiger partial charge is 0.326 e. The second-order valence-corrected chi connectivity index (χ2v) is 6.21. The maximum absolute atomic E-state index is 14.2. The van der Waals surface area contributed by atoms with Gasteiger partial charge in [0.25, 0.3) is 0 Å². The lowest BCUT2D eigenvalue weighted by molar-refractivity contribution is 0.612. The van der Waals surface area contributed by atoms with E-state index in [-0.39, 0.29) is 18.1 Å². The quantitative estimate of drug-likeness (QED) is 0.507. The van der Waals surface area contributed by atoms with E-state index >= 15 is 0 Å². The zero-order chi connectivity index (χ0) is 18.8. The number of aryl methyl sites for hydroxylation is 1. The predicted molar refractivity (Wildman–Crippen MR) is 107 cm³/mol. The van der Waals surface area contributed by atoms with Crippen LogP contribution in [0.4, 0.5) is 4.39 Å². The fraction of sp³-hybridized carbons (Fsp3) is 0.200. The molecule has 0 fully saturated rings. The molecule has 28 heavy (non-hydrogen) atoms. The molecule has 8 heteroatoms. The number of hydrogen-bond donors (Lipinski definition) is 0. The molecule has 0 saturated heterocycles. The molecule has 142 valence electrons. The maximum Gasteiger partial charge on any atom is 0.162 e. The van der Waals surface area contributed by atoms with E-state index < -0.39 is 5.82 Å². The summed E-state index contributed by atoms with van der Waals surface area (Å²) in [4.78, 5) is 13.1. The molecule has 4 aromatic rings. The van der Waals surface area contributed by atoms with Gasteiger partial charge in [-0.2, -0.15) is 5.26 Å². The van der Waals surface area contributed by atoms with Gasteiger partial charge in [0.05, 0.1) is 29.2 Å². The first-order valence-electron chi connectivity index (χ1n) is 8.72. The van der Waals surface area contributed by atoms with Crippen molar-refractivity contribution >= 4 is 23.4 Å². The second kappa shape index (κ2) is 8.19. The van der Waals surface area contributed by atoms with Crippen molar-refractivity contribution in [1.82, 2.24) is 24.1 Å². The number of halogens is 2. The van der Waals surface area contributed by atoms with Crippen molar-refractivity contribution in [2.75, 3.05) is 0 Å². The average molecular weight is 397 g/mol. The Balaban J connectivity index is 0.00000225. The second-order valence-electron chi connectivity index (χ2n) is 6.21. The first-order chi connectivity index (χ1) is 13.2. The van der Waals surface area contributed by atoms with Crippen molar-refractivity contribution in [2.45, 2.75) is 26.4 Å². The number of pyridine rings is 1. The third-order valence-corrected chi connectivity index (χ3v) is 4.40. The van der Waals surface area contributed by atoms with Gasteiger partial charge in [0.2, 0.25) is 0 Å². The molecule has 0 aliphatic carbocycles. The van der Waals surface area contributed by atoms with Crippen LogP contribution >= 0.6 is 12.4 Å². The van der Waals surface area contributed by atoms with E-state index in [2.05, 4.69) is 27.5 Å². The molecule has 0 N–H and O–H groups in total. The third kappa shape index (κ3) is 3.47.